The quantitative estimate of drug-likeness (QED) is 0.815. The average molecular weight is 275 g/mol. The first kappa shape index (κ1) is 14.3. The Balaban J connectivity index is 1.90. The summed E-state index contributed by atoms with van der Waals surface area (Å²) in [7, 11) is -2.82. The highest BCUT2D eigenvalue weighted by atomic mass is 32.2. The average Bonchev–Trinajstić information content (AvgIpc) is 2.70. The van der Waals surface area contributed by atoms with E-state index in [2.05, 4.69) is 4.90 Å². The fourth-order valence-electron chi connectivity index (χ4n) is 3.32. The summed E-state index contributed by atoms with van der Waals surface area (Å²) in [6, 6.07) is 0.143. The zero-order chi connectivity index (χ0) is 13.0. The van der Waals surface area contributed by atoms with Crippen molar-refractivity contribution in [2.75, 3.05) is 31.2 Å². The van der Waals surface area contributed by atoms with Gasteiger partial charge in [-0.25, -0.2) is 8.42 Å². The molecule has 0 bridgehead atoms. The molecular formula is C13H25NO3S. The Labute approximate surface area is 110 Å². The molecule has 0 amide bonds. The maximum Gasteiger partial charge on any atom is 0.151 e. The van der Waals surface area contributed by atoms with E-state index in [4.69, 9.17) is 5.11 Å². The van der Waals surface area contributed by atoms with Crippen LogP contribution in [-0.2, 0) is 9.84 Å². The van der Waals surface area contributed by atoms with Crippen molar-refractivity contribution < 1.29 is 13.5 Å². The van der Waals surface area contributed by atoms with Crippen molar-refractivity contribution >= 4 is 9.84 Å². The Kier molecular flexibility index (Phi) is 5.04. The van der Waals surface area contributed by atoms with E-state index in [0.29, 0.717) is 24.0 Å². The Morgan fingerprint density at radius 3 is 2.39 bits per heavy atom. The summed E-state index contributed by atoms with van der Waals surface area (Å²) in [5.41, 5.74) is 0. The number of rotatable bonds is 5. The van der Waals surface area contributed by atoms with Crippen LogP contribution in [0, 0.1) is 5.92 Å². The third-order valence-electron chi connectivity index (χ3n) is 4.33. The predicted molar refractivity (Wildman–Crippen MR) is 72.3 cm³/mol. The van der Waals surface area contributed by atoms with E-state index in [-0.39, 0.29) is 12.6 Å². The van der Waals surface area contributed by atoms with Crippen LogP contribution in [0.1, 0.15) is 38.5 Å². The van der Waals surface area contributed by atoms with Crippen molar-refractivity contribution in [2.24, 2.45) is 5.92 Å². The summed E-state index contributed by atoms with van der Waals surface area (Å²) < 4.78 is 23.1. The molecule has 18 heavy (non-hydrogen) atoms. The zero-order valence-corrected chi connectivity index (χ0v) is 11.9. The van der Waals surface area contributed by atoms with E-state index in [1.54, 1.807) is 0 Å². The smallest absolute Gasteiger partial charge is 0.151 e. The monoisotopic (exact) mass is 275 g/mol. The number of hydrogen-bond donors (Lipinski definition) is 1. The van der Waals surface area contributed by atoms with Crippen molar-refractivity contribution in [3.63, 3.8) is 0 Å². The highest BCUT2D eigenvalue weighted by Crippen LogP contribution is 2.26. The summed E-state index contributed by atoms with van der Waals surface area (Å²) in [5, 5.41) is 9.17. The number of nitrogens with zero attached hydrogens (tertiary/aromatic N) is 1. The molecule has 1 N–H and O–H groups in total. The Morgan fingerprint density at radius 2 is 1.83 bits per heavy atom. The van der Waals surface area contributed by atoms with Gasteiger partial charge < -0.3 is 5.11 Å². The fraction of sp³-hybridized carbons (Fsp3) is 1.00. The molecule has 1 aliphatic carbocycles. The third-order valence-corrected chi connectivity index (χ3v) is 6.08. The summed E-state index contributed by atoms with van der Waals surface area (Å²) in [6.07, 6.45) is 7.23. The van der Waals surface area contributed by atoms with Crippen LogP contribution in [-0.4, -0.2) is 55.7 Å². The molecule has 1 heterocycles. The van der Waals surface area contributed by atoms with Crippen LogP contribution in [0.25, 0.3) is 0 Å². The van der Waals surface area contributed by atoms with Crippen LogP contribution in [0.5, 0.6) is 0 Å². The van der Waals surface area contributed by atoms with Crippen molar-refractivity contribution in [3.8, 4) is 0 Å². The lowest BCUT2D eigenvalue weighted by Gasteiger charge is -2.32. The molecule has 2 rings (SSSR count). The summed E-state index contributed by atoms with van der Waals surface area (Å²) in [5.74, 6) is 1.32. The van der Waals surface area contributed by atoms with Crippen LogP contribution in [0.3, 0.4) is 0 Å². The lowest BCUT2D eigenvalue weighted by Crippen LogP contribution is -2.41. The molecule has 5 heteroatoms. The fourth-order valence-corrected chi connectivity index (χ4v) is 5.08. The molecule has 1 saturated heterocycles. The molecule has 4 nitrogen and oxygen atoms in total. The van der Waals surface area contributed by atoms with Crippen LogP contribution in [0.15, 0.2) is 0 Å². The lowest BCUT2D eigenvalue weighted by molar-refractivity contribution is 0.128. The van der Waals surface area contributed by atoms with Gasteiger partial charge in [-0.2, -0.15) is 0 Å². The second kappa shape index (κ2) is 6.35. The molecule has 0 spiro atoms. The standard InChI is InChI=1S/C13H25NO3S/c15-8-7-14(10-12-4-2-1-3-5-12)13-6-9-18(16,17)11-13/h12-13,15H,1-11H2. The van der Waals surface area contributed by atoms with Gasteiger partial charge in [0.25, 0.3) is 0 Å². The first-order valence-electron chi connectivity index (χ1n) is 7.16. The normalized spacial score (nSPS) is 28.9. The van der Waals surface area contributed by atoms with Gasteiger partial charge in [0.2, 0.25) is 0 Å². The van der Waals surface area contributed by atoms with E-state index >= 15 is 0 Å². The highest BCUT2D eigenvalue weighted by molar-refractivity contribution is 7.91. The van der Waals surface area contributed by atoms with Gasteiger partial charge in [-0.05, 0) is 25.2 Å². The SMILES string of the molecule is O=S1(=O)CCC(N(CCO)CC2CCCCC2)C1. The molecule has 0 aromatic heterocycles. The van der Waals surface area contributed by atoms with E-state index < -0.39 is 9.84 Å². The summed E-state index contributed by atoms with van der Waals surface area (Å²) in [6.45, 7) is 1.72. The van der Waals surface area contributed by atoms with Crippen LogP contribution in [0.2, 0.25) is 0 Å². The first-order valence-corrected chi connectivity index (χ1v) is 8.98. The number of sulfone groups is 1. The lowest BCUT2D eigenvalue weighted by atomic mass is 9.88. The molecule has 0 radical (unpaired) electrons. The molecule has 1 atom stereocenters. The first-order chi connectivity index (χ1) is 8.61. The molecule has 1 saturated carbocycles. The Morgan fingerprint density at radius 1 is 1.11 bits per heavy atom. The van der Waals surface area contributed by atoms with Crippen molar-refractivity contribution in [3.05, 3.63) is 0 Å². The molecule has 2 fully saturated rings. The molecular weight excluding hydrogens is 250 g/mol. The predicted octanol–water partition coefficient (Wildman–Crippen LogP) is 1.05. The van der Waals surface area contributed by atoms with Crippen LogP contribution in [0.4, 0.5) is 0 Å². The van der Waals surface area contributed by atoms with Crippen molar-refractivity contribution in [2.45, 2.75) is 44.6 Å². The molecule has 0 aromatic carbocycles. The van der Waals surface area contributed by atoms with Gasteiger partial charge >= 0.3 is 0 Å². The van der Waals surface area contributed by atoms with Crippen molar-refractivity contribution in [1.82, 2.24) is 4.90 Å². The summed E-state index contributed by atoms with van der Waals surface area (Å²) in [4.78, 5) is 2.22. The molecule has 1 unspecified atom stereocenters. The van der Waals surface area contributed by atoms with Crippen LogP contribution >= 0.6 is 0 Å². The molecule has 0 aromatic rings. The third kappa shape index (κ3) is 3.93. The minimum Gasteiger partial charge on any atom is -0.395 e. The minimum atomic E-state index is -2.82. The highest BCUT2D eigenvalue weighted by Gasteiger charge is 2.33. The van der Waals surface area contributed by atoms with Gasteiger partial charge in [-0.15, -0.1) is 0 Å². The van der Waals surface area contributed by atoms with Crippen LogP contribution < -0.4 is 0 Å². The molecule has 106 valence electrons. The number of aliphatic hydroxyl groups excluding tert-OH is 1. The Bertz CT molecular complexity index is 349. The maximum atomic E-state index is 11.6. The van der Waals surface area contributed by atoms with E-state index in [9.17, 15) is 8.42 Å². The van der Waals surface area contributed by atoms with Gasteiger partial charge in [-0.1, -0.05) is 19.3 Å². The van der Waals surface area contributed by atoms with E-state index in [1.807, 2.05) is 0 Å². The van der Waals surface area contributed by atoms with Gasteiger partial charge in [0.05, 0.1) is 18.1 Å². The van der Waals surface area contributed by atoms with Gasteiger partial charge in [0.15, 0.2) is 9.84 Å². The largest absolute Gasteiger partial charge is 0.395 e. The van der Waals surface area contributed by atoms with E-state index in [1.165, 1.54) is 32.1 Å². The van der Waals surface area contributed by atoms with Crippen molar-refractivity contribution in [1.29, 1.82) is 0 Å². The van der Waals surface area contributed by atoms with Gasteiger partial charge in [0.1, 0.15) is 0 Å². The Hall–Kier alpha value is -0.130. The maximum absolute atomic E-state index is 11.6. The van der Waals surface area contributed by atoms with Gasteiger partial charge in [0, 0.05) is 19.1 Å². The zero-order valence-electron chi connectivity index (χ0n) is 11.1. The van der Waals surface area contributed by atoms with Gasteiger partial charge in [-0.3, -0.25) is 4.90 Å². The second-order valence-corrected chi connectivity index (χ2v) is 8.01. The second-order valence-electron chi connectivity index (χ2n) is 5.78. The molecule has 1 aliphatic heterocycles. The summed E-state index contributed by atoms with van der Waals surface area (Å²) >= 11 is 0. The topological polar surface area (TPSA) is 57.6 Å². The number of hydrogen-bond acceptors (Lipinski definition) is 4. The minimum absolute atomic E-state index is 0.128. The molecule has 2 aliphatic rings. The number of aliphatic hydroxyl groups is 1. The van der Waals surface area contributed by atoms with E-state index in [0.717, 1.165) is 13.0 Å².